The Kier molecular flexibility index (Phi) is 7.31. The quantitative estimate of drug-likeness (QED) is 0.695. The molecule has 0 heterocycles. The molecule has 0 aromatic heterocycles. The predicted octanol–water partition coefficient (Wildman–Crippen LogP) is 3.49. The van der Waals surface area contributed by atoms with Gasteiger partial charge in [0.25, 0.3) is 5.91 Å². The number of benzene rings is 2. The molecule has 1 N–H and O–H groups in total. The summed E-state index contributed by atoms with van der Waals surface area (Å²) in [5.74, 6) is -1.94. The van der Waals surface area contributed by atoms with Gasteiger partial charge in [-0.05, 0) is 37.1 Å². The first-order valence-electron chi connectivity index (χ1n) is 8.51. The number of hydrogen-bond acceptors (Lipinski definition) is 5. The van der Waals surface area contributed by atoms with Crippen molar-refractivity contribution in [3.05, 3.63) is 53.6 Å². The standard InChI is InChI=1S/C20H21F2NO5/c1-12(20(25)23-16-9-8-14(21)11-15(16)22)28-18(24)10-7-13-5-4-6-17(26-2)19(13)27-3/h4-6,8-9,11-12H,7,10H2,1-3H3,(H,23,25)/t12-/m1/s1. The highest BCUT2D eigenvalue weighted by Gasteiger charge is 2.20. The third-order valence-electron chi connectivity index (χ3n) is 3.95. The lowest BCUT2D eigenvalue weighted by atomic mass is 10.1. The molecule has 0 aliphatic heterocycles. The van der Waals surface area contributed by atoms with Crippen LogP contribution < -0.4 is 14.8 Å². The number of amides is 1. The van der Waals surface area contributed by atoms with Crippen molar-refractivity contribution in [1.29, 1.82) is 0 Å². The molecule has 2 rings (SSSR count). The van der Waals surface area contributed by atoms with Crippen LogP contribution in [0.2, 0.25) is 0 Å². The summed E-state index contributed by atoms with van der Waals surface area (Å²) >= 11 is 0. The lowest BCUT2D eigenvalue weighted by molar-refractivity contribution is -0.153. The van der Waals surface area contributed by atoms with Gasteiger partial charge in [-0.1, -0.05) is 12.1 Å². The highest BCUT2D eigenvalue weighted by molar-refractivity contribution is 5.95. The summed E-state index contributed by atoms with van der Waals surface area (Å²) in [6, 6.07) is 8.05. The van der Waals surface area contributed by atoms with Crippen molar-refractivity contribution in [3.63, 3.8) is 0 Å². The van der Waals surface area contributed by atoms with E-state index in [4.69, 9.17) is 14.2 Å². The molecule has 0 saturated carbocycles. The molecule has 6 nitrogen and oxygen atoms in total. The molecule has 0 aliphatic carbocycles. The van der Waals surface area contributed by atoms with Crippen LogP contribution in [0.1, 0.15) is 18.9 Å². The molecule has 28 heavy (non-hydrogen) atoms. The number of carbonyl (C=O) groups excluding carboxylic acids is 2. The maximum atomic E-state index is 13.6. The first-order valence-corrected chi connectivity index (χ1v) is 8.51. The van der Waals surface area contributed by atoms with Crippen LogP contribution in [0.15, 0.2) is 36.4 Å². The lowest BCUT2D eigenvalue weighted by Crippen LogP contribution is -2.30. The number of rotatable bonds is 8. The highest BCUT2D eigenvalue weighted by Crippen LogP contribution is 2.31. The second kappa shape index (κ2) is 9.68. The van der Waals surface area contributed by atoms with Gasteiger partial charge in [0.15, 0.2) is 17.6 Å². The number of esters is 1. The van der Waals surface area contributed by atoms with Crippen molar-refractivity contribution in [2.24, 2.45) is 0 Å². The van der Waals surface area contributed by atoms with Gasteiger partial charge < -0.3 is 19.5 Å². The van der Waals surface area contributed by atoms with Gasteiger partial charge >= 0.3 is 5.97 Å². The van der Waals surface area contributed by atoms with Crippen LogP contribution in [0.4, 0.5) is 14.5 Å². The van der Waals surface area contributed by atoms with Crippen LogP contribution >= 0.6 is 0 Å². The SMILES string of the molecule is COc1cccc(CCC(=O)O[C@H](C)C(=O)Nc2ccc(F)cc2F)c1OC. The maximum absolute atomic E-state index is 13.6. The summed E-state index contributed by atoms with van der Waals surface area (Å²) in [6.07, 6.45) is -0.823. The molecule has 150 valence electrons. The number of para-hydroxylation sites is 1. The summed E-state index contributed by atoms with van der Waals surface area (Å²) in [5.41, 5.74) is 0.555. The number of anilines is 1. The van der Waals surface area contributed by atoms with Crippen molar-refractivity contribution in [2.75, 3.05) is 19.5 Å². The molecule has 1 atom stereocenters. The Labute approximate surface area is 161 Å². The summed E-state index contributed by atoms with van der Waals surface area (Å²) < 4.78 is 42.1. The maximum Gasteiger partial charge on any atom is 0.306 e. The highest BCUT2D eigenvalue weighted by atomic mass is 19.1. The van der Waals surface area contributed by atoms with E-state index < -0.39 is 29.6 Å². The zero-order valence-electron chi connectivity index (χ0n) is 15.8. The van der Waals surface area contributed by atoms with Gasteiger partial charge in [0.1, 0.15) is 11.6 Å². The van der Waals surface area contributed by atoms with E-state index in [1.807, 2.05) is 0 Å². The van der Waals surface area contributed by atoms with Crippen LogP contribution in [0, 0.1) is 11.6 Å². The van der Waals surface area contributed by atoms with Crippen molar-refractivity contribution < 1.29 is 32.6 Å². The van der Waals surface area contributed by atoms with Gasteiger partial charge in [-0.2, -0.15) is 0 Å². The third-order valence-corrected chi connectivity index (χ3v) is 3.95. The minimum absolute atomic E-state index is 0.00601. The first kappa shape index (κ1) is 21.1. The molecule has 0 radical (unpaired) electrons. The second-order valence-corrected chi connectivity index (χ2v) is 5.90. The van der Waals surface area contributed by atoms with E-state index in [1.54, 1.807) is 18.2 Å². The van der Waals surface area contributed by atoms with Gasteiger partial charge in [-0.25, -0.2) is 8.78 Å². The summed E-state index contributed by atoms with van der Waals surface area (Å²) in [7, 11) is 3.01. The molecule has 0 fully saturated rings. The van der Waals surface area contributed by atoms with Crippen LogP contribution in [0.25, 0.3) is 0 Å². The van der Waals surface area contributed by atoms with E-state index >= 15 is 0 Å². The Morgan fingerprint density at radius 3 is 2.50 bits per heavy atom. The van der Waals surface area contributed by atoms with Crippen LogP contribution in [-0.2, 0) is 20.7 Å². The Morgan fingerprint density at radius 2 is 1.86 bits per heavy atom. The van der Waals surface area contributed by atoms with Crippen LogP contribution in [0.5, 0.6) is 11.5 Å². The molecule has 2 aromatic rings. The number of nitrogens with one attached hydrogen (secondary N) is 1. The van der Waals surface area contributed by atoms with E-state index in [9.17, 15) is 18.4 Å². The topological polar surface area (TPSA) is 73.9 Å². The van der Waals surface area contributed by atoms with Gasteiger partial charge in [0.05, 0.1) is 19.9 Å². The molecular formula is C20H21F2NO5. The molecule has 1 amide bonds. The van der Waals surface area contributed by atoms with E-state index in [2.05, 4.69) is 5.32 Å². The lowest BCUT2D eigenvalue weighted by Gasteiger charge is -2.15. The van der Waals surface area contributed by atoms with Gasteiger partial charge in [0, 0.05) is 12.5 Å². The monoisotopic (exact) mass is 393 g/mol. The first-order chi connectivity index (χ1) is 13.3. The number of hydrogen-bond donors (Lipinski definition) is 1. The fourth-order valence-corrected chi connectivity index (χ4v) is 2.52. The van der Waals surface area contributed by atoms with Crippen molar-refractivity contribution >= 4 is 17.6 Å². The van der Waals surface area contributed by atoms with Gasteiger partial charge in [-0.15, -0.1) is 0 Å². The van der Waals surface area contributed by atoms with Gasteiger partial charge in [0.2, 0.25) is 0 Å². The largest absolute Gasteiger partial charge is 0.493 e. The minimum Gasteiger partial charge on any atom is -0.493 e. The zero-order chi connectivity index (χ0) is 20.7. The fraction of sp³-hybridized carbons (Fsp3) is 0.300. The average Bonchev–Trinajstić information content (AvgIpc) is 2.67. The Balaban J connectivity index is 1.91. The molecule has 2 aromatic carbocycles. The van der Waals surface area contributed by atoms with Crippen LogP contribution in [-0.4, -0.2) is 32.2 Å². The molecule has 0 bridgehead atoms. The van der Waals surface area contributed by atoms with E-state index in [1.165, 1.54) is 21.1 Å². The summed E-state index contributed by atoms with van der Waals surface area (Å²) in [4.78, 5) is 24.1. The molecule has 0 unspecified atom stereocenters. The second-order valence-electron chi connectivity index (χ2n) is 5.90. The number of methoxy groups -OCH3 is 2. The Morgan fingerprint density at radius 1 is 1.11 bits per heavy atom. The number of aryl methyl sites for hydroxylation is 1. The normalized spacial score (nSPS) is 11.5. The smallest absolute Gasteiger partial charge is 0.306 e. The number of carbonyl (C=O) groups is 2. The van der Waals surface area contributed by atoms with Crippen molar-refractivity contribution in [2.45, 2.75) is 25.9 Å². The van der Waals surface area contributed by atoms with Crippen molar-refractivity contribution in [1.82, 2.24) is 0 Å². The Hall–Kier alpha value is -3.16. The number of ether oxygens (including phenoxy) is 3. The third kappa shape index (κ3) is 5.42. The molecule has 0 spiro atoms. The summed E-state index contributed by atoms with van der Waals surface area (Å²) in [5, 5.41) is 2.26. The van der Waals surface area contributed by atoms with E-state index in [0.717, 1.165) is 17.7 Å². The predicted molar refractivity (Wildman–Crippen MR) is 98.4 cm³/mol. The van der Waals surface area contributed by atoms with Crippen LogP contribution in [0.3, 0.4) is 0 Å². The Bertz CT molecular complexity index is 856. The molecule has 8 heteroatoms. The molecule has 0 saturated heterocycles. The fourth-order valence-electron chi connectivity index (χ4n) is 2.52. The molecule has 0 aliphatic rings. The van der Waals surface area contributed by atoms with E-state index in [0.29, 0.717) is 24.0 Å². The van der Waals surface area contributed by atoms with E-state index in [-0.39, 0.29) is 12.1 Å². The summed E-state index contributed by atoms with van der Waals surface area (Å²) in [6.45, 7) is 1.36. The average molecular weight is 393 g/mol. The minimum atomic E-state index is -1.15. The molecular weight excluding hydrogens is 372 g/mol. The number of halogens is 2. The van der Waals surface area contributed by atoms with Crippen molar-refractivity contribution in [3.8, 4) is 11.5 Å². The van der Waals surface area contributed by atoms with Gasteiger partial charge in [-0.3, -0.25) is 9.59 Å². The zero-order valence-corrected chi connectivity index (χ0v) is 15.8.